The van der Waals surface area contributed by atoms with Gasteiger partial charge in [-0.05, 0) is 48.7 Å². The van der Waals surface area contributed by atoms with Gasteiger partial charge < -0.3 is 15.1 Å². The first-order valence-corrected chi connectivity index (χ1v) is 8.76. The molecule has 0 aliphatic carbocycles. The topological polar surface area (TPSA) is 18.5 Å². The van der Waals surface area contributed by atoms with Crippen LogP contribution in [0.15, 0.2) is 54.6 Å². The lowest BCUT2D eigenvalue weighted by Crippen LogP contribution is -2.46. The fraction of sp³-hybridized carbons (Fsp3) is 0.400. The Morgan fingerprint density at radius 3 is 1.91 bits per heavy atom. The molecule has 0 radical (unpaired) electrons. The minimum absolute atomic E-state index is 0.707. The molecule has 2 aliphatic heterocycles. The van der Waals surface area contributed by atoms with Gasteiger partial charge in [0.05, 0.1) is 0 Å². The Bertz CT molecular complexity index is 609. The number of nitrogens with one attached hydrogen (secondary N) is 1. The lowest BCUT2D eigenvalue weighted by Gasteiger charge is -2.37. The van der Waals surface area contributed by atoms with Gasteiger partial charge in [-0.25, -0.2) is 0 Å². The Morgan fingerprint density at radius 2 is 1.35 bits per heavy atom. The number of rotatable bonds is 3. The lowest BCUT2D eigenvalue weighted by atomic mass is 9.98. The summed E-state index contributed by atoms with van der Waals surface area (Å²) in [6.45, 7) is 6.68. The van der Waals surface area contributed by atoms with Crippen molar-refractivity contribution in [3.8, 4) is 0 Å². The van der Waals surface area contributed by atoms with Gasteiger partial charge in [-0.2, -0.15) is 0 Å². The summed E-state index contributed by atoms with van der Waals surface area (Å²) < 4.78 is 0. The van der Waals surface area contributed by atoms with Gasteiger partial charge >= 0.3 is 0 Å². The van der Waals surface area contributed by atoms with E-state index in [4.69, 9.17) is 0 Å². The molecule has 0 saturated carbocycles. The Hall–Kier alpha value is -2.00. The molecule has 1 atom stereocenters. The third-order valence-electron chi connectivity index (χ3n) is 5.19. The van der Waals surface area contributed by atoms with Gasteiger partial charge in [-0.3, -0.25) is 0 Å². The number of benzene rings is 2. The number of para-hydroxylation sites is 1. The van der Waals surface area contributed by atoms with Crippen LogP contribution in [0.1, 0.15) is 17.9 Å². The summed E-state index contributed by atoms with van der Waals surface area (Å²) in [6, 6.07) is 20.0. The first kappa shape index (κ1) is 14.6. The zero-order chi connectivity index (χ0) is 15.5. The molecule has 3 heteroatoms. The van der Waals surface area contributed by atoms with Crippen LogP contribution in [0.25, 0.3) is 0 Å². The molecular weight excluding hydrogens is 282 g/mol. The normalized spacial score (nSPS) is 21.7. The van der Waals surface area contributed by atoms with Gasteiger partial charge in [-0.15, -0.1) is 0 Å². The van der Waals surface area contributed by atoms with Crippen molar-refractivity contribution in [2.24, 2.45) is 0 Å². The van der Waals surface area contributed by atoms with Crippen molar-refractivity contribution in [2.75, 3.05) is 49.1 Å². The molecule has 2 aromatic carbocycles. The van der Waals surface area contributed by atoms with E-state index >= 15 is 0 Å². The first-order valence-electron chi connectivity index (χ1n) is 8.76. The van der Waals surface area contributed by atoms with Crippen molar-refractivity contribution in [2.45, 2.75) is 12.3 Å². The Labute approximate surface area is 138 Å². The third-order valence-corrected chi connectivity index (χ3v) is 5.19. The van der Waals surface area contributed by atoms with Gasteiger partial charge in [0, 0.05) is 44.1 Å². The molecule has 2 aromatic rings. The summed E-state index contributed by atoms with van der Waals surface area (Å²) in [6.07, 6.45) is 1.27. The molecule has 0 aromatic heterocycles. The van der Waals surface area contributed by atoms with Crippen molar-refractivity contribution in [3.63, 3.8) is 0 Å². The second-order valence-electron chi connectivity index (χ2n) is 6.59. The predicted octanol–water partition coefficient (Wildman–Crippen LogP) is 3.09. The minimum Gasteiger partial charge on any atom is -0.368 e. The van der Waals surface area contributed by atoms with E-state index in [2.05, 4.69) is 69.7 Å². The Morgan fingerprint density at radius 1 is 0.739 bits per heavy atom. The number of anilines is 2. The van der Waals surface area contributed by atoms with Crippen LogP contribution in [0, 0.1) is 0 Å². The number of piperazine rings is 1. The monoisotopic (exact) mass is 307 g/mol. The molecule has 3 nitrogen and oxygen atoms in total. The maximum atomic E-state index is 3.45. The molecule has 2 saturated heterocycles. The van der Waals surface area contributed by atoms with E-state index in [9.17, 15) is 0 Å². The van der Waals surface area contributed by atoms with Gasteiger partial charge in [0.25, 0.3) is 0 Å². The van der Waals surface area contributed by atoms with E-state index in [1.807, 2.05) is 0 Å². The van der Waals surface area contributed by atoms with Crippen molar-refractivity contribution in [3.05, 3.63) is 60.2 Å². The summed E-state index contributed by atoms with van der Waals surface area (Å²) in [5.74, 6) is 0.707. The lowest BCUT2D eigenvalue weighted by molar-refractivity contribution is 0.653. The van der Waals surface area contributed by atoms with E-state index < -0.39 is 0 Å². The zero-order valence-corrected chi connectivity index (χ0v) is 13.6. The Kier molecular flexibility index (Phi) is 4.20. The van der Waals surface area contributed by atoms with Crippen LogP contribution in [0.4, 0.5) is 11.4 Å². The number of hydrogen-bond donors (Lipinski definition) is 1. The maximum absolute atomic E-state index is 3.45. The molecular formula is C20H25N3. The smallest absolute Gasteiger partial charge is 0.0367 e. The molecule has 0 amide bonds. The number of nitrogens with zero attached hydrogens (tertiary/aromatic N) is 2. The van der Waals surface area contributed by atoms with Gasteiger partial charge in [-0.1, -0.05) is 30.3 Å². The first-order chi connectivity index (χ1) is 11.4. The molecule has 2 heterocycles. The van der Waals surface area contributed by atoms with Crippen LogP contribution >= 0.6 is 0 Å². The van der Waals surface area contributed by atoms with Gasteiger partial charge in [0.1, 0.15) is 0 Å². The highest BCUT2D eigenvalue weighted by Gasteiger charge is 2.19. The maximum Gasteiger partial charge on any atom is 0.0367 e. The molecule has 2 fully saturated rings. The van der Waals surface area contributed by atoms with E-state index in [-0.39, 0.29) is 0 Å². The summed E-state index contributed by atoms with van der Waals surface area (Å²) >= 11 is 0. The standard InChI is InChI=1S/C20H25N3/c1-2-4-19(5-3-1)22-12-14-23(15-13-22)20-8-6-17(7-9-20)18-10-11-21-16-18/h1-9,18,21H,10-16H2. The van der Waals surface area contributed by atoms with Crippen molar-refractivity contribution < 1.29 is 0 Å². The Balaban J connectivity index is 1.38. The van der Waals surface area contributed by atoms with Crippen LogP contribution in [-0.2, 0) is 0 Å². The molecule has 120 valence electrons. The predicted molar refractivity (Wildman–Crippen MR) is 97.5 cm³/mol. The van der Waals surface area contributed by atoms with E-state index in [1.165, 1.54) is 23.4 Å². The average molecular weight is 307 g/mol. The zero-order valence-electron chi connectivity index (χ0n) is 13.6. The fourth-order valence-corrected chi connectivity index (χ4v) is 3.76. The van der Waals surface area contributed by atoms with Crippen LogP contribution in [0.2, 0.25) is 0 Å². The summed E-state index contributed by atoms with van der Waals surface area (Å²) in [5.41, 5.74) is 4.20. The SMILES string of the molecule is c1ccc(N2CCN(c3ccc(C4CCNC4)cc3)CC2)cc1. The summed E-state index contributed by atoms with van der Waals surface area (Å²) in [5, 5.41) is 3.45. The van der Waals surface area contributed by atoms with E-state index in [0.717, 1.165) is 39.3 Å². The van der Waals surface area contributed by atoms with Crippen molar-refractivity contribution >= 4 is 11.4 Å². The second kappa shape index (κ2) is 6.63. The molecule has 0 bridgehead atoms. The van der Waals surface area contributed by atoms with Crippen LogP contribution in [0.3, 0.4) is 0 Å². The largest absolute Gasteiger partial charge is 0.368 e. The van der Waals surface area contributed by atoms with Crippen LogP contribution in [0.5, 0.6) is 0 Å². The molecule has 1 unspecified atom stereocenters. The van der Waals surface area contributed by atoms with Crippen LogP contribution < -0.4 is 15.1 Å². The fourth-order valence-electron chi connectivity index (χ4n) is 3.76. The highest BCUT2D eigenvalue weighted by atomic mass is 15.3. The highest BCUT2D eigenvalue weighted by Crippen LogP contribution is 2.26. The molecule has 1 N–H and O–H groups in total. The third kappa shape index (κ3) is 3.20. The molecule has 23 heavy (non-hydrogen) atoms. The van der Waals surface area contributed by atoms with Crippen LogP contribution in [-0.4, -0.2) is 39.3 Å². The van der Waals surface area contributed by atoms with Gasteiger partial charge in [0.2, 0.25) is 0 Å². The summed E-state index contributed by atoms with van der Waals surface area (Å²) in [4.78, 5) is 4.99. The molecule has 0 spiro atoms. The van der Waals surface area contributed by atoms with Crippen molar-refractivity contribution in [1.29, 1.82) is 0 Å². The molecule has 2 aliphatic rings. The van der Waals surface area contributed by atoms with Gasteiger partial charge in [0.15, 0.2) is 0 Å². The minimum atomic E-state index is 0.707. The quantitative estimate of drug-likeness (QED) is 0.940. The second-order valence-corrected chi connectivity index (χ2v) is 6.59. The summed E-state index contributed by atoms with van der Waals surface area (Å²) in [7, 11) is 0. The van der Waals surface area contributed by atoms with Crippen molar-refractivity contribution in [1.82, 2.24) is 5.32 Å². The highest BCUT2D eigenvalue weighted by molar-refractivity contribution is 5.52. The number of hydrogen-bond acceptors (Lipinski definition) is 3. The average Bonchev–Trinajstić information content (AvgIpc) is 3.18. The molecule has 4 rings (SSSR count). The van der Waals surface area contributed by atoms with E-state index in [0.29, 0.717) is 5.92 Å². The van der Waals surface area contributed by atoms with E-state index in [1.54, 1.807) is 0 Å².